The number of primary amides is 1. The van der Waals surface area contributed by atoms with Crippen LogP contribution in [-0.4, -0.2) is 46.8 Å². The van der Waals surface area contributed by atoms with E-state index in [4.69, 9.17) is 11.5 Å². The van der Waals surface area contributed by atoms with Crippen molar-refractivity contribution in [2.75, 3.05) is 11.9 Å². The van der Waals surface area contributed by atoms with Crippen molar-refractivity contribution >= 4 is 34.6 Å². The Morgan fingerprint density at radius 2 is 2.00 bits per heavy atom. The number of nitrogens with one attached hydrogen (secondary N) is 2. The van der Waals surface area contributed by atoms with Gasteiger partial charge >= 0.3 is 0 Å². The number of carbonyl (C=O) groups is 3. The number of hydrogen-bond acceptors (Lipinski definition) is 8. The monoisotopic (exact) mass is 391 g/mol. The number of phenols is 1. The lowest BCUT2D eigenvalue weighted by Gasteiger charge is -2.19. The molecule has 2 aromatic rings. The summed E-state index contributed by atoms with van der Waals surface area (Å²) in [5, 5.41) is 15.4. The molecule has 1 heterocycles. The maximum absolute atomic E-state index is 12.2. The number of nitrogens with two attached hydrogens (primary N) is 2. The number of hydrogen-bond donors (Lipinski definition) is 5. The van der Waals surface area contributed by atoms with E-state index in [1.807, 2.05) is 0 Å². The molecule has 0 saturated heterocycles. The van der Waals surface area contributed by atoms with E-state index in [0.29, 0.717) is 29.3 Å². The Labute approximate surface area is 159 Å². The van der Waals surface area contributed by atoms with Crippen LogP contribution in [0.1, 0.15) is 21.7 Å². The number of phenolic OH excluding ortho intramolecular Hbond substituents is 1. The van der Waals surface area contributed by atoms with Gasteiger partial charge in [0.1, 0.15) is 11.8 Å². The van der Waals surface area contributed by atoms with Crippen LogP contribution in [0.25, 0.3) is 0 Å². The molecule has 27 heavy (non-hydrogen) atoms. The Morgan fingerprint density at radius 3 is 2.59 bits per heavy atom. The van der Waals surface area contributed by atoms with E-state index in [2.05, 4.69) is 15.6 Å². The van der Waals surface area contributed by atoms with Gasteiger partial charge in [0.05, 0.1) is 17.1 Å². The fourth-order valence-electron chi connectivity index (χ4n) is 2.26. The van der Waals surface area contributed by atoms with Gasteiger partial charge < -0.3 is 27.2 Å². The largest absolute Gasteiger partial charge is 0.508 e. The summed E-state index contributed by atoms with van der Waals surface area (Å²) in [5.41, 5.74) is 12.0. The van der Waals surface area contributed by atoms with Crippen molar-refractivity contribution in [3.63, 3.8) is 0 Å². The van der Waals surface area contributed by atoms with Gasteiger partial charge in [-0.3, -0.25) is 14.4 Å². The molecule has 1 aromatic heterocycles. The summed E-state index contributed by atoms with van der Waals surface area (Å²) in [6, 6.07) is 4.51. The van der Waals surface area contributed by atoms with Crippen LogP contribution in [0.5, 0.6) is 5.75 Å². The highest BCUT2D eigenvalue weighted by Gasteiger charge is 2.22. The first kappa shape index (κ1) is 20.3. The molecule has 0 aliphatic carbocycles. The summed E-state index contributed by atoms with van der Waals surface area (Å²) in [6.07, 6.45) is 2.65. The molecule has 0 saturated carbocycles. The van der Waals surface area contributed by atoms with Crippen LogP contribution in [-0.2, 0) is 16.0 Å². The van der Waals surface area contributed by atoms with Crippen molar-refractivity contribution in [3.05, 3.63) is 40.9 Å². The Bertz CT molecular complexity index is 793. The summed E-state index contributed by atoms with van der Waals surface area (Å²) in [6.45, 7) is 0.375. The van der Waals surface area contributed by atoms with E-state index >= 15 is 0 Å². The number of amides is 2. The van der Waals surface area contributed by atoms with Crippen LogP contribution in [0.2, 0.25) is 0 Å². The number of rotatable bonds is 10. The lowest BCUT2D eigenvalue weighted by atomic mass is 10.0. The van der Waals surface area contributed by atoms with Crippen molar-refractivity contribution in [3.8, 4) is 5.75 Å². The highest BCUT2D eigenvalue weighted by Crippen LogP contribution is 2.16. The van der Waals surface area contributed by atoms with Crippen LogP contribution in [0.4, 0.5) is 5.13 Å². The standard InChI is InChI=1S/C17H21N5O4S/c18-13(5-6-20-17-21-8-12(9-23)27-17)16(26)22-14(15(19)25)7-10-1-3-11(24)4-2-10/h1-4,8-9,13-14,24H,5-7,18H2,(H2,19,25)(H,20,21)(H,22,26). The fourth-order valence-corrected chi connectivity index (χ4v) is 2.91. The van der Waals surface area contributed by atoms with E-state index in [1.165, 1.54) is 29.7 Å². The average molecular weight is 391 g/mol. The molecule has 0 spiro atoms. The second-order valence-electron chi connectivity index (χ2n) is 5.84. The van der Waals surface area contributed by atoms with Crippen molar-refractivity contribution in [2.24, 2.45) is 11.5 Å². The van der Waals surface area contributed by atoms with Crippen molar-refractivity contribution in [1.82, 2.24) is 10.3 Å². The molecule has 2 amide bonds. The lowest BCUT2D eigenvalue weighted by Crippen LogP contribution is -2.51. The van der Waals surface area contributed by atoms with Crippen LogP contribution in [0.3, 0.4) is 0 Å². The van der Waals surface area contributed by atoms with Gasteiger partial charge in [-0.2, -0.15) is 0 Å². The zero-order valence-electron chi connectivity index (χ0n) is 14.4. The summed E-state index contributed by atoms with van der Waals surface area (Å²) >= 11 is 1.20. The molecular formula is C17H21N5O4S. The number of nitrogens with zero attached hydrogens (tertiary/aromatic N) is 1. The fraction of sp³-hybridized carbons (Fsp3) is 0.294. The number of benzene rings is 1. The first-order valence-corrected chi connectivity index (χ1v) is 8.98. The minimum absolute atomic E-state index is 0.105. The molecule has 0 aliphatic heterocycles. The average Bonchev–Trinajstić information content (AvgIpc) is 3.10. The van der Waals surface area contributed by atoms with Crippen LogP contribution in [0.15, 0.2) is 30.5 Å². The van der Waals surface area contributed by atoms with Gasteiger partial charge in [-0.1, -0.05) is 23.5 Å². The van der Waals surface area contributed by atoms with Crippen molar-refractivity contribution in [1.29, 1.82) is 0 Å². The third-order valence-corrected chi connectivity index (χ3v) is 4.62. The summed E-state index contributed by atoms with van der Waals surface area (Å²) < 4.78 is 0. The van der Waals surface area contributed by atoms with Gasteiger partial charge in [0.25, 0.3) is 0 Å². The minimum Gasteiger partial charge on any atom is -0.508 e. The van der Waals surface area contributed by atoms with Crippen molar-refractivity contribution in [2.45, 2.75) is 24.9 Å². The third-order valence-electron chi connectivity index (χ3n) is 3.74. The first-order valence-electron chi connectivity index (χ1n) is 8.17. The van der Waals surface area contributed by atoms with Gasteiger partial charge in [0, 0.05) is 13.0 Å². The Kier molecular flexibility index (Phi) is 7.26. The van der Waals surface area contributed by atoms with Crippen LogP contribution >= 0.6 is 11.3 Å². The first-order chi connectivity index (χ1) is 12.9. The van der Waals surface area contributed by atoms with Crippen molar-refractivity contribution < 1.29 is 19.5 Å². The van der Waals surface area contributed by atoms with Gasteiger partial charge in [0.15, 0.2) is 11.4 Å². The zero-order chi connectivity index (χ0) is 19.8. The molecule has 2 rings (SSSR count). The molecule has 2 atom stereocenters. The van der Waals surface area contributed by atoms with E-state index in [0.717, 1.165) is 5.56 Å². The summed E-state index contributed by atoms with van der Waals surface area (Å²) in [7, 11) is 0. The number of aromatic hydroxyl groups is 1. The molecule has 0 bridgehead atoms. The number of anilines is 1. The van der Waals surface area contributed by atoms with Gasteiger partial charge in [-0.25, -0.2) is 4.98 Å². The molecule has 2 unspecified atom stereocenters. The Hall–Kier alpha value is -2.98. The minimum atomic E-state index is -0.907. The number of aromatic nitrogens is 1. The summed E-state index contributed by atoms with van der Waals surface area (Å²) in [5.74, 6) is -1.06. The molecular weight excluding hydrogens is 370 g/mol. The predicted octanol–water partition coefficient (Wildman–Crippen LogP) is 0.00330. The molecule has 7 N–H and O–H groups in total. The van der Waals surface area contributed by atoms with Gasteiger partial charge in [-0.05, 0) is 24.1 Å². The van der Waals surface area contributed by atoms with E-state index < -0.39 is 23.9 Å². The van der Waals surface area contributed by atoms with E-state index in [-0.39, 0.29) is 12.2 Å². The SMILES string of the molecule is NC(=O)C(Cc1ccc(O)cc1)NC(=O)C(N)CCNc1ncc(C=O)s1. The molecule has 0 radical (unpaired) electrons. The summed E-state index contributed by atoms with van der Waals surface area (Å²) in [4.78, 5) is 39.0. The van der Waals surface area contributed by atoms with Gasteiger partial charge in [-0.15, -0.1) is 0 Å². The zero-order valence-corrected chi connectivity index (χ0v) is 15.2. The molecule has 1 aromatic carbocycles. The normalized spacial score (nSPS) is 12.8. The molecule has 9 nitrogen and oxygen atoms in total. The highest BCUT2D eigenvalue weighted by molar-refractivity contribution is 7.17. The van der Waals surface area contributed by atoms with Crippen LogP contribution < -0.4 is 22.1 Å². The number of thiazole rings is 1. The molecule has 10 heteroatoms. The van der Waals surface area contributed by atoms with Crippen LogP contribution in [0, 0.1) is 0 Å². The predicted molar refractivity (Wildman–Crippen MR) is 102 cm³/mol. The molecule has 0 fully saturated rings. The Balaban J connectivity index is 1.83. The van der Waals surface area contributed by atoms with Gasteiger partial charge in [0.2, 0.25) is 11.8 Å². The second kappa shape index (κ2) is 9.64. The quantitative estimate of drug-likeness (QED) is 0.356. The van der Waals surface area contributed by atoms with E-state index in [9.17, 15) is 19.5 Å². The smallest absolute Gasteiger partial charge is 0.240 e. The topological polar surface area (TPSA) is 160 Å². The number of aldehydes is 1. The lowest BCUT2D eigenvalue weighted by molar-refractivity contribution is -0.128. The maximum Gasteiger partial charge on any atom is 0.240 e. The number of carbonyl (C=O) groups excluding carboxylic acids is 3. The second-order valence-corrected chi connectivity index (χ2v) is 6.90. The molecule has 0 aliphatic rings. The highest BCUT2D eigenvalue weighted by atomic mass is 32.1. The molecule has 144 valence electrons. The van der Waals surface area contributed by atoms with E-state index in [1.54, 1.807) is 12.1 Å². The Morgan fingerprint density at radius 1 is 1.30 bits per heavy atom. The maximum atomic E-state index is 12.2. The third kappa shape index (κ3) is 6.35.